The van der Waals surface area contributed by atoms with Crippen molar-refractivity contribution in [1.29, 1.82) is 0 Å². The highest BCUT2D eigenvalue weighted by molar-refractivity contribution is 8.76. The Hall–Kier alpha value is -11.5. The maximum atomic E-state index is 14.8. The number of carboxylic acid groups (broad SMARTS) is 2. The molecule has 0 fully saturated rings. The minimum Gasteiger partial charge on any atom is -0.480 e. The molecule has 0 radical (unpaired) electrons. The molecule has 0 saturated heterocycles. The van der Waals surface area contributed by atoms with E-state index in [4.69, 9.17) is 48.4 Å². The molecule has 6 aromatic rings. The molecule has 8 bridgehead atoms. The summed E-state index contributed by atoms with van der Waals surface area (Å²) in [6.07, 6.45) is 3.45. The van der Waals surface area contributed by atoms with Crippen molar-refractivity contribution in [3.63, 3.8) is 0 Å². The second-order valence-electron chi connectivity index (χ2n) is 29.8. The molecule has 16 N–H and O–H groups in total. The Morgan fingerprint density at radius 1 is 0.780 bits per heavy atom. The number of allylic oxidation sites excluding steroid dienone is 1. The molecule has 123 heavy (non-hydrogen) atoms. The summed E-state index contributed by atoms with van der Waals surface area (Å²) in [7, 11) is -1.47. The summed E-state index contributed by atoms with van der Waals surface area (Å²) < 4.78 is 42.5. The average molecular weight is 1800 g/mol. The van der Waals surface area contributed by atoms with Gasteiger partial charge in [0.25, 0.3) is 27.5 Å². The highest BCUT2D eigenvalue weighted by Crippen LogP contribution is 2.49. The molecule has 38 nitrogen and oxygen atoms in total. The number of H-pyrrole nitrogens is 3. The van der Waals surface area contributed by atoms with E-state index in [-0.39, 0.29) is 103 Å². The van der Waals surface area contributed by atoms with Gasteiger partial charge >= 0.3 is 24.0 Å². The van der Waals surface area contributed by atoms with Crippen LogP contribution in [0.25, 0.3) is 28.9 Å². The van der Waals surface area contributed by atoms with E-state index in [0.717, 1.165) is 45.1 Å². The lowest BCUT2D eigenvalue weighted by Crippen LogP contribution is -2.54. The number of alkyl halides is 2. The number of nitrogens with one attached hydrogen (secondary N) is 11. The first-order valence-corrected chi connectivity index (χ1v) is 44.6. The molecule has 43 heteroatoms. The highest BCUT2D eigenvalue weighted by Gasteiger charge is 2.49. The number of methoxy groups -OCH3 is 1. The number of aliphatic carboxylic acids is 2. The van der Waals surface area contributed by atoms with Crippen LogP contribution in [0.1, 0.15) is 137 Å². The number of fused-ring (bicyclic) bond motifs is 6. The van der Waals surface area contributed by atoms with Crippen molar-refractivity contribution in [2.24, 2.45) is 39.6 Å². The Labute approximate surface area is 722 Å². The van der Waals surface area contributed by atoms with Crippen LogP contribution in [0.15, 0.2) is 75.2 Å². The number of Topliss-reactive ketones (excluding diaryl/α,β-unsaturated/α-hetero) is 2. The maximum Gasteiger partial charge on any atom is 0.426 e. The molecule has 10 rings (SSSR count). The summed E-state index contributed by atoms with van der Waals surface area (Å²) in [6, 6.07) is 6.13. The third kappa shape index (κ3) is 24.1. The van der Waals surface area contributed by atoms with Gasteiger partial charge in [-0.2, -0.15) is 13.4 Å². The number of benzene rings is 2. The van der Waals surface area contributed by atoms with Crippen LogP contribution in [-0.2, 0) is 77.3 Å². The minimum atomic E-state index is -4.57. The van der Waals surface area contributed by atoms with E-state index in [1.54, 1.807) is 12.1 Å². The first kappa shape index (κ1) is 93.7. The fourth-order valence-electron chi connectivity index (χ4n) is 15.2. The molecule has 7 heterocycles. The van der Waals surface area contributed by atoms with Crippen LogP contribution in [0.4, 0.5) is 22.1 Å². The normalized spacial score (nSPS) is 19.1. The first-order valence-electron chi connectivity index (χ1n) is 39.4. The molecule has 0 spiro atoms. The second-order valence-corrected chi connectivity index (χ2v) is 34.8. The van der Waals surface area contributed by atoms with Gasteiger partial charge in [0, 0.05) is 142 Å². The Balaban J connectivity index is 0.749. The number of rotatable bonds is 40. The van der Waals surface area contributed by atoms with E-state index >= 15 is 0 Å². The standard InChI is InChI=1S/C80H96Cl2N18O20S3/c1-8-48-38(2)51-33-56-63(42(6)101)40(4)53(89-56)31-52-39(3)49(67(92-52)65-66(78(114)119-7)70(105)64-41(5)54(93-68(64)65)32-55(48)88-51)10-9-11-60(102)90-57(30-43-12-18-47(19-13-43)100(25-22-81)26-23-82)74(108)98-99-80(115)120-27-28-121-122-37-59(77(112)113)95-73(107)58(34-62(104)84-24-29-123(116,117)118)91-61(103)21-20-50(76(110)111)94-72(106)44-14-16-45(17-15-44)85-35-46-36-86-71-69(87-46)75(109)97-79(83)96-71/h12-19,31,33,36,38-39,48-50,55,57-59,66,85,89,93H,8-11,20-30,32,34-35,37H2,1-7H3,(H,84,104)(H,90,102)(H,91,103)(H,94,106)(H,95,107)(H,98,108)(H,99,115)(H,110,111)(H,112,113)(H,116,117,118)(H3,83,86,96,97,109)/b53-31-,56-33-,67-65-/t38-,39+,48-,49+,50+,55?,57?,58+,59+,66?/m1/s1. The molecule has 658 valence electrons. The second kappa shape index (κ2) is 42.5. The summed E-state index contributed by atoms with van der Waals surface area (Å²) >= 11 is 12.2. The van der Waals surface area contributed by atoms with E-state index in [9.17, 15) is 85.5 Å². The Morgan fingerprint density at radius 2 is 1.47 bits per heavy atom. The molecule has 2 aromatic carbocycles. The topological polar surface area (TPSA) is 571 Å². The maximum absolute atomic E-state index is 14.8. The number of anilines is 3. The van der Waals surface area contributed by atoms with Crippen molar-refractivity contribution in [2.75, 3.05) is 78.3 Å². The van der Waals surface area contributed by atoms with E-state index in [1.165, 1.54) is 44.5 Å². The number of hydrogen-bond donors (Lipinski definition) is 15. The minimum absolute atomic E-state index is 0.00533. The number of ether oxygens (including phenoxy) is 2. The van der Waals surface area contributed by atoms with Crippen molar-refractivity contribution in [3.05, 3.63) is 132 Å². The number of carbonyl (C=O) groups excluding carboxylic acids is 10. The number of aliphatic imine (C=N–C) groups is 2. The lowest BCUT2D eigenvalue weighted by molar-refractivity contribution is -0.142. The van der Waals surface area contributed by atoms with Gasteiger partial charge in [-0.15, -0.1) is 23.2 Å². The van der Waals surface area contributed by atoms with E-state index in [1.807, 2.05) is 50.0 Å². The molecule has 1 aliphatic carbocycles. The lowest BCUT2D eigenvalue weighted by Gasteiger charge is -2.23. The number of aromatic amines is 3. The largest absolute Gasteiger partial charge is 0.480 e. The van der Waals surface area contributed by atoms with Crippen LogP contribution >= 0.6 is 44.8 Å². The number of ketones is 2. The summed E-state index contributed by atoms with van der Waals surface area (Å²) in [5.74, 6) is -12.9. The van der Waals surface area contributed by atoms with Crippen LogP contribution in [-0.4, -0.2) is 228 Å². The van der Waals surface area contributed by atoms with E-state index in [2.05, 4.69) is 86.5 Å². The quantitative estimate of drug-likeness (QED) is 0.00382. The van der Waals surface area contributed by atoms with Gasteiger partial charge in [0.1, 0.15) is 36.7 Å². The first-order chi connectivity index (χ1) is 58.6. The fraction of sp³-hybridized carbons (Fsp3) is 0.450. The van der Waals surface area contributed by atoms with Gasteiger partial charge in [-0.3, -0.25) is 72.9 Å². The SMILES string of the molecule is CC[C@H]1C2Cc3[nH]c4c(c3C)C(=O)C(C(=O)OC)/C4=C3N=C(/C=c4\[nH]/c(c(C(C)=O)c4C)=C\C(=N2)[C@@H]1C)[C@@H](C)[C@@H]/3CCCC(=O)NC(Cc1ccc(N(CCCl)CCCl)cc1)C(=O)NNC(=O)OCCSSC[C@H](NC(=O)[C@H](CC(=O)NCCS(=O)(=O)O)NC(=O)CC[C@H](NC(=O)c1ccc(NCc2cnc3nc(N)[nH]c(=O)c3n2)cc1)C(=O)O)C(=O)O. The predicted octanol–water partition coefficient (Wildman–Crippen LogP) is 3.52. The number of carboxylic acids is 2. The van der Waals surface area contributed by atoms with Crippen molar-refractivity contribution in [2.45, 2.75) is 136 Å². The summed E-state index contributed by atoms with van der Waals surface area (Å²) in [5.41, 5.74) is 17.5. The van der Waals surface area contributed by atoms with Gasteiger partial charge in [0.15, 0.2) is 22.7 Å². The van der Waals surface area contributed by atoms with E-state index < -0.39 is 148 Å². The Kier molecular flexibility index (Phi) is 32.4. The number of esters is 1. The zero-order valence-corrected chi connectivity index (χ0v) is 72.0. The highest BCUT2D eigenvalue weighted by atomic mass is 35.5. The molecule has 7 amide bonds. The molecule has 10 atom stereocenters. The number of hydrogen-bond acceptors (Lipinski definition) is 27. The molecule has 3 unspecified atom stereocenters. The van der Waals surface area contributed by atoms with Crippen LogP contribution in [0.5, 0.6) is 0 Å². The van der Waals surface area contributed by atoms with Crippen LogP contribution < -0.4 is 69.6 Å². The Morgan fingerprint density at radius 3 is 2.14 bits per heavy atom. The third-order valence-corrected chi connectivity index (χ3v) is 25.0. The van der Waals surface area contributed by atoms with Gasteiger partial charge in [-0.1, -0.05) is 60.9 Å². The Bertz CT molecular complexity index is 5480. The monoisotopic (exact) mass is 1790 g/mol. The molecule has 0 saturated carbocycles. The number of hydrazine groups is 1. The van der Waals surface area contributed by atoms with Crippen molar-refractivity contribution in [1.82, 2.24) is 67.3 Å². The number of nitrogen functional groups attached to an aromatic ring is 1. The zero-order chi connectivity index (χ0) is 89.3. The molecular weight excluding hydrogens is 1700 g/mol. The number of aromatic nitrogens is 6. The van der Waals surface area contributed by atoms with Crippen molar-refractivity contribution >= 4 is 184 Å². The van der Waals surface area contributed by atoms with Gasteiger partial charge in [-0.25, -0.2) is 29.8 Å². The van der Waals surface area contributed by atoms with Crippen LogP contribution in [0.2, 0.25) is 0 Å². The number of nitrogens with zero attached hydrogens (tertiary/aromatic N) is 6. The fourth-order valence-corrected chi connectivity index (χ4v) is 18.0. The average Bonchev–Trinajstić information content (AvgIpc) is 1.56. The summed E-state index contributed by atoms with van der Waals surface area (Å²) in [5, 5.41) is 36.3. The molecule has 3 aliphatic heterocycles. The lowest BCUT2D eigenvalue weighted by atomic mass is 9.83. The third-order valence-electron chi connectivity index (χ3n) is 21.6. The predicted molar refractivity (Wildman–Crippen MR) is 461 cm³/mol. The molecule has 4 aliphatic rings. The van der Waals surface area contributed by atoms with E-state index in [0.29, 0.717) is 104 Å². The van der Waals surface area contributed by atoms with Gasteiger partial charge in [0.2, 0.25) is 29.6 Å². The molecular formula is C80H96Cl2N18O20S3. The van der Waals surface area contributed by atoms with Crippen molar-refractivity contribution in [3.8, 4) is 0 Å². The van der Waals surface area contributed by atoms with Gasteiger partial charge in [-0.05, 0) is 111 Å². The summed E-state index contributed by atoms with van der Waals surface area (Å²) in [4.78, 5) is 209. The van der Waals surface area contributed by atoms with Crippen LogP contribution in [0, 0.1) is 43.4 Å². The van der Waals surface area contributed by atoms with Crippen LogP contribution in [0.3, 0.4) is 0 Å². The van der Waals surface area contributed by atoms with Crippen molar-refractivity contribution < 1.29 is 90.2 Å². The van der Waals surface area contributed by atoms with Gasteiger partial charge < -0.3 is 72.2 Å². The number of amides is 7. The number of nitrogens with two attached hydrogens (primary N) is 1. The smallest absolute Gasteiger partial charge is 0.426 e. The zero-order valence-electron chi connectivity index (χ0n) is 68.1. The molecule has 4 aromatic heterocycles. The number of halogens is 2. The summed E-state index contributed by atoms with van der Waals surface area (Å²) in [6.45, 7) is 11.5. The number of carbonyl (C=O) groups is 12. The van der Waals surface area contributed by atoms with Gasteiger partial charge in [0.05, 0.1) is 60.5 Å².